The number of hydrogen-bond donors (Lipinski definition) is 2. The van der Waals surface area contributed by atoms with Crippen molar-refractivity contribution in [3.63, 3.8) is 0 Å². The van der Waals surface area contributed by atoms with E-state index in [1.54, 1.807) is 0 Å². The predicted octanol–water partition coefficient (Wildman–Crippen LogP) is 4.06. The van der Waals surface area contributed by atoms with Gasteiger partial charge in [0.05, 0.1) is 17.9 Å². The second kappa shape index (κ2) is 10.1. The highest BCUT2D eigenvalue weighted by atomic mass is 32.2. The number of nitrogens with one attached hydrogen (secondary N) is 2. The van der Waals surface area contributed by atoms with Crippen molar-refractivity contribution in [3.8, 4) is 5.88 Å². The van der Waals surface area contributed by atoms with Crippen LogP contribution in [0.25, 0.3) is 0 Å². The summed E-state index contributed by atoms with van der Waals surface area (Å²) in [6, 6.07) is 24.8. The molecule has 0 unspecified atom stereocenters. The highest BCUT2D eigenvalue weighted by Gasteiger charge is 2.23. The van der Waals surface area contributed by atoms with Crippen LogP contribution in [0.15, 0.2) is 102 Å². The van der Waals surface area contributed by atoms with E-state index in [0.717, 1.165) is 11.1 Å². The molecule has 0 saturated carbocycles. The van der Waals surface area contributed by atoms with E-state index in [0.29, 0.717) is 5.69 Å². The number of nitrogens with zero attached hydrogens (tertiary/aromatic N) is 2. The second-order valence-corrected chi connectivity index (χ2v) is 8.97. The molecule has 3 aromatic carbocycles. The Morgan fingerprint density at radius 1 is 0.824 bits per heavy atom. The lowest BCUT2D eigenvalue weighted by molar-refractivity contribution is -0.116. The van der Waals surface area contributed by atoms with Crippen molar-refractivity contribution in [2.45, 2.75) is 10.8 Å². The summed E-state index contributed by atoms with van der Waals surface area (Å²) in [5, 5.41) is 2.89. The monoisotopic (exact) mass is 474 g/mol. The fourth-order valence-electron chi connectivity index (χ4n) is 3.45. The zero-order valence-electron chi connectivity index (χ0n) is 18.3. The van der Waals surface area contributed by atoms with E-state index < -0.39 is 15.9 Å². The summed E-state index contributed by atoms with van der Waals surface area (Å²) in [5.74, 6) is -0.703. The summed E-state index contributed by atoms with van der Waals surface area (Å²) in [4.78, 5) is 21.1. The van der Waals surface area contributed by atoms with Gasteiger partial charge in [-0.25, -0.2) is 18.4 Å². The maximum atomic E-state index is 13.2. The minimum absolute atomic E-state index is 0.000809. The van der Waals surface area contributed by atoms with E-state index in [9.17, 15) is 13.2 Å². The Morgan fingerprint density at radius 2 is 1.38 bits per heavy atom. The standard InChI is InChI=1S/C25H22N4O4S/c1-33-25-23(26-16-17-27-25)29-34(31,32)21-14-12-20(13-15-21)28-24(30)22(18-8-4-2-5-9-18)19-10-6-3-7-11-19/h2-17,22H,1H3,(H,26,29)(H,28,30). The third-order valence-corrected chi connectivity index (χ3v) is 6.40. The fourth-order valence-corrected chi connectivity index (χ4v) is 4.46. The van der Waals surface area contributed by atoms with E-state index in [2.05, 4.69) is 20.0 Å². The van der Waals surface area contributed by atoms with Crippen LogP contribution in [0.3, 0.4) is 0 Å². The molecular formula is C25H22N4O4S. The molecule has 4 rings (SSSR count). The SMILES string of the molecule is COc1nccnc1NS(=O)(=O)c1ccc(NC(=O)C(c2ccccc2)c2ccccc2)cc1. The highest BCUT2D eigenvalue weighted by Crippen LogP contribution is 2.27. The molecule has 0 aliphatic heterocycles. The predicted molar refractivity (Wildman–Crippen MR) is 129 cm³/mol. The number of amides is 1. The topological polar surface area (TPSA) is 110 Å². The summed E-state index contributed by atoms with van der Waals surface area (Å²) in [6.07, 6.45) is 2.75. The lowest BCUT2D eigenvalue weighted by Gasteiger charge is -2.18. The molecule has 34 heavy (non-hydrogen) atoms. The zero-order valence-corrected chi connectivity index (χ0v) is 19.1. The average Bonchev–Trinajstić information content (AvgIpc) is 2.86. The van der Waals surface area contributed by atoms with Gasteiger partial charge in [-0.15, -0.1) is 0 Å². The maximum absolute atomic E-state index is 13.2. The van der Waals surface area contributed by atoms with Crippen LogP contribution < -0.4 is 14.8 Å². The van der Waals surface area contributed by atoms with Gasteiger partial charge in [0.15, 0.2) is 0 Å². The average molecular weight is 475 g/mol. The third kappa shape index (κ3) is 5.21. The first kappa shape index (κ1) is 22.9. The summed E-state index contributed by atoms with van der Waals surface area (Å²) in [7, 11) is -2.57. The van der Waals surface area contributed by atoms with Crippen LogP contribution >= 0.6 is 0 Å². The number of carbonyl (C=O) groups excluding carboxylic acids is 1. The van der Waals surface area contributed by atoms with Gasteiger partial charge in [0.1, 0.15) is 0 Å². The van der Waals surface area contributed by atoms with Crippen LogP contribution in [0.5, 0.6) is 5.88 Å². The maximum Gasteiger partial charge on any atom is 0.263 e. The molecule has 0 bridgehead atoms. The van der Waals surface area contributed by atoms with Crippen LogP contribution in [0.1, 0.15) is 17.0 Å². The molecule has 0 saturated heterocycles. The Morgan fingerprint density at radius 3 is 1.94 bits per heavy atom. The van der Waals surface area contributed by atoms with Crippen molar-refractivity contribution in [2.75, 3.05) is 17.1 Å². The first-order chi connectivity index (χ1) is 16.5. The zero-order chi connectivity index (χ0) is 24.0. The molecule has 9 heteroatoms. The molecule has 1 aromatic heterocycles. The van der Waals surface area contributed by atoms with E-state index in [-0.39, 0.29) is 22.5 Å². The van der Waals surface area contributed by atoms with Crippen LogP contribution in [0.4, 0.5) is 11.5 Å². The van der Waals surface area contributed by atoms with Gasteiger partial charge in [0, 0.05) is 18.1 Å². The molecule has 4 aromatic rings. The first-order valence-corrected chi connectivity index (χ1v) is 11.8. The number of methoxy groups -OCH3 is 1. The number of sulfonamides is 1. The van der Waals surface area contributed by atoms with Gasteiger partial charge < -0.3 is 10.1 Å². The van der Waals surface area contributed by atoms with Crippen molar-refractivity contribution < 1.29 is 17.9 Å². The molecule has 0 fully saturated rings. The van der Waals surface area contributed by atoms with Gasteiger partial charge in [-0.3, -0.25) is 9.52 Å². The van der Waals surface area contributed by atoms with Crippen molar-refractivity contribution >= 4 is 27.4 Å². The van der Waals surface area contributed by atoms with E-state index in [1.807, 2.05) is 60.7 Å². The molecule has 1 amide bonds. The molecule has 172 valence electrons. The Kier molecular flexibility index (Phi) is 6.84. The number of benzene rings is 3. The van der Waals surface area contributed by atoms with Gasteiger partial charge in [0.25, 0.3) is 15.9 Å². The van der Waals surface area contributed by atoms with Crippen molar-refractivity contribution in [3.05, 3.63) is 108 Å². The Bertz CT molecular complexity index is 1320. The normalized spacial score (nSPS) is 11.1. The number of rotatable bonds is 8. The summed E-state index contributed by atoms with van der Waals surface area (Å²) in [6.45, 7) is 0. The fraction of sp³-hybridized carbons (Fsp3) is 0.0800. The van der Waals surface area contributed by atoms with Crippen LogP contribution in [-0.4, -0.2) is 31.4 Å². The smallest absolute Gasteiger partial charge is 0.263 e. The summed E-state index contributed by atoms with van der Waals surface area (Å²) < 4.78 is 32.9. The molecule has 1 heterocycles. The van der Waals surface area contributed by atoms with Gasteiger partial charge >= 0.3 is 0 Å². The van der Waals surface area contributed by atoms with Gasteiger partial charge in [-0.05, 0) is 35.4 Å². The Hall–Kier alpha value is -4.24. The van der Waals surface area contributed by atoms with Crippen LogP contribution in [0.2, 0.25) is 0 Å². The Balaban J connectivity index is 1.54. The van der Waals surface area contributed by atoms with Gasteiger partial charge in [-0.1, -0.05) is 60.7 Å². The van der Waals surface area contributed by atoms with Crippen molar-refractivity contribution in [1.82, 2.24) is 9.97 Å². The quantitative estimate of drug-likeness (QED) is 0.399. The van der Waals surface area contributed by atoms with Crippen LogP contribution in [0, 0.1) is 0 Å². The number of aromatic nitrogens is 2. The molecule has 8 nitrogen and oxygen atoms in total. The molecule has 0 spiro atoms. The number of anilines is 2. The van der Waals surface area contributed by atoms with Crippen LogP contribution in [-0.2, 0) is 14.8 Å². The van der Waals surface area contributed by atoms with Gasteiger partial charge in [-0.2, -0.15) is 0 Å². The highest BCUT2D eigenvalue weighted by molar-refractivity contribution is 7.92. The summed E-state index contributed by atoms with van der Waals surface area (Å²) >= 11 is 0. The first-order valence-electron chi connectivity index (χ1n) is 10.4. The van der Waals surface area contributed by atoms with Crippen molar-refractivity contribution in [2.24, 2.45) is 0 Å². The molecule has 2 N–H and O–H groups in total. The molecule has 0 atom stereocenters. The minimum Gasteiger partial charge on any atom is -0.478 e. The molecule has 0 radical (unpaired) electrons. The number of hydrogen-bond acceptors (Lipinski definition) is 6. The number of carbonyl (C=O) groups is 1. The third-order valence-electron chi connectivity index (χ3n) is 5.05. The van der Waals surface area contributed by atoms with E-state index >= 15 is 0 Å². The number of ether oxygens (including phenoxy) is 1. The van der Waals surface area contributed by atoms with E-state index in [1.165, 1.54) is 43.8 Å². The lowest BCUT2D eigenvalue weighted by atomic mass is 9.90. The largest absolute Gasteiger partial charge is 0.478 e. The Labute approximate surface area is 197 Å². The molecule has 0 aliphatic carbocycles. The minimum atomic E-state index is -3.94. The lowest BCUT2D eigenvalue weighted by Crippen LogP contribution is -2.22. The molecule has 0 aliphatic rings. The van der Waals surface area contributed by atoms with Crippen molar-refractivity contribution in [1.29, 1.82) is 0 Å². The second-order valence-electron chi connectivity index (χ2n) is 7.29. The molecular weight excluding hydrogens is 452 g/mol. The van der Waals surface area contributed by atoms with Gasteiger partial charge in [0.2, 0.25) is 11.7 Å². The van der Waals surface area contributed by atoms with E-state index in [4.69, 9.17) is 4.74 Å². The summed E-state index contributed by atoms with van der Waals surface area (Å²) in [5.41, 5.74) is 2.18.